The number of anilines is 1. The van der Waals surface area contributed by atoms with Gasteiger partial charge in [-0.3, -0.25) is 14.0 Å². The highest BCUT2D eigenvalue weighted by Gasteiger charge is 2.32. The minimum Gasteiger partial charge on any atom is -0.335 e. The fraction of sp³-hybridized carbons (Fsp3) is 0.0500. The first-order valence-corrected chi connectivity index (χ1v) is 9.31. The number of nitrogens with zero attached hydrogens (tertiary/aromatic N) is 2. The molecule has 0 saturated carbocycles. The molecule has 0 spiro atoms. The van der Waals surface area contributed by atoms with Crippen molar-refractivity contribution in [2.75, 3.05) is 5.32 Å². The lowest BCUT2D eigenvalue weighted by Gasteiger charge is -2.11. The van der Waals surface area contributed by atoms with E-state index in [1.165, 1.54) is 11.3 Å². The number of benzene rings is 2. The van der Waals surface area contributed by atoms with Crippen molar-refractivity contribution in [3.8, 4) is 11.3 Å². The molecule has 1 atom stereocenters. The van der Waals surface area contributed by atoms with E-state index in [2.05, 4.69) is 15.6 Å². The van der Waals surface area contributed by atoms with Crippen molar-refractivity contribution >= 4 is 33.8 Å². The molecule has 0 unspecified atom stereocenters. The number of hydrogen-bond donors (Lipinski definition) is 2. The van der Waals surface area contributed by atoms with Gasteiger partial charge in [-0.15, -0.1) is 11.3 Å². The number of thiazole rings is 1. The number of imidazole rings is 1. The molecular weight excluding hydrogens is 360 g/mol. The van der Waals surface area contributed by atoms with Gasteiger partial charge >= 0.3 is 0 Å². The van der Waals surface area contributed by atoms with E-state index < -0.39 is 6.04 Å². The number of nitrogens with one attached hydrogen (secondary N) is 2. The predicted octanol–water partition coefficient (Wildman–Crippen LogP) is 3.49. The number of para-hydroxylation sites is 1. The molecule has 132 valence electrons. The van der Waals surface area contributed by atoms with E-state index in [1.807, 2.05) is 60.8 Å². The lowest BCUT2D eigenvalue weighted by Crippen LogP contribution is -2.33. The van der Waals surface area contributed by atoms with Gasteiger partial charge in [-0.1, -0.05) is 48.5 Å². The second-order valence-electron chi connectivity index (χ2n) is 6.25. The summed E-state index contributed by atoms with van der Waals surface area (Å²) in [6.45, 7) is 0. The Morgan fingerprint density at radius 1 is 1.11 bits per heavy atom. The van der Waals surface area contributed by atoms with Crippen LogP contribution in [0.3, 0.4) is 0 Å². The van der Waals surface area contributed by atoms with Crippen LogP contribution in [0, 0.1) is 0 Å². The zero-order valence-corrected chi connectivity index (χ0v) is 14.9. The zero-order chi connectivity index (χ0) is 18.4. The van der Waals surface area contributed by atoms with E-state index in [0.717, 1.165) is 27.5 Å². The maximum absolute atomic E-state index is 12.8. The average Bonchev–Trinajstić information content (AvgIpc) is 3.35. The lowest BCUT2D eigenvalue weighted by molar-refractivity contribution is -0.117. The van der Waals surface area contributed by atoms with Gasteiger partial charge in [-0.25, -0.2) is 4.98 Å². The molecule has 0 radical (unpaired) electrons. The van der Waals surface area contributed by atoms with Gasteiger partial charge in [0.2, 0.25) is 0 Å². The van der Waals surface area contributed by atoms with Gasteiger partial charge in [-0.2, -0.15) is 0 Å². The summed E-state index contributed by atoms with van der Waals surface area (Å²) in [7, 11) is 0. The largest absolute Gasteiger partial charge is 0.335 e. The zero-order valence-electron chi connectivity index (χ0n) is 14.0. The summed E-state index contributed by atoms with van der Waals surface area (Å²) < 4.78 is 1.76. The molecule has 5 rings (SSSR count). The third kappa shape index (κ3) is 2.60. The quantitative estimate of drug-likeness (QED) is 0.576. The molecule has 1 aliphatic heterocycles. The number of fused-ring (bicyclic) bond motifs is 2. The summed E-state index contributed by atoms with van der Waals surface area (Å²) in [5, 5.41) is 7.38. The molecular formula is C20H14N4O2S. The van der Waals surface area contributed by atoms with Gasteiger partial charge in [0.15, 0.2) is 4.96 Å². The highest BCUT2D eigenvalue weighted by Crippen LogP contribution is 2.31. The standard InChI is InChI=1S/C20H14N4O2S/c25-18(23-17-13-8-4-5-9-14(13)21-19(17)26)16-11-27-20-22-15(10-24(16)20)12-6-2-1-3-7-12/h1-11,17H,(H,21,26)(H,23,25)/t17-/m0/s1. The van der Waals surface area contributed by atoms with Crippen molar-refractivity contribution in [2.45, 2.75) is 6.04 Å². The average molecular weight is 374 g/mol. The maximum atomic E-state index is 12.8. The minimum absolute atomic E-state index is 0.230. The molecule has 2 aromatic heterocycles. The summed E-state index contributed by atoms with van der Waals surface area (Å²) in [6.07, 6.45) is 1.85. The van der Waals surface area contributed by atoms with E-state index in [9.17, 15) is 9.59 Å². The summed E-state index contributed by atoms with van der Waals surface area (Å²) in [5.41, 5.74) is 3.77. The monoisotopic (exact) mass is 374 g/mol. The van der Waals surface area contributed by atoms with Crippen molar-refractivity contribution < 1.29 is 9.59 Å². The molecule has 0 aliphatic carbocycles. The summed E-state index contributed by atoms with van der Waals surface area (Å²) in [4.78, 5) is 30.4. The third-order valence-electron chi connectivity index (χ3n) is 4.58. The van der Waals surface area contributed by atoms with Crippen LogP contribution in [0.2, 0.25) is 0 Å². The fourth-order valence-corrected chi connectivity index (χ4v) is 4.11. The van der Waals surface area contributed by atoms with E-state index in [1.54, 1.807) is 9.78 Å². The molecule has 0 fully saturated rings. The van der Waals surface area contributed by atoms with Crippen molar-refractivity contribution in [3.05, 3.63) is 77.4 Å². The van der Waals surface area contributed by atoms with Gasteiger partial charge in [0.05, 0.1) is 5.69 Å². The number of amides is 2. The number of hydrogen-bond acceptors (Lipinski definition) is 4. The minimum atomic E-state index is -0.694. The molecule has 0 bridgehead atoms. The SMILES string of the molecule is O=C(N[C@@H]1C(=O)Nc2ccccc21)c1csc2nc(-c3ccccc3)cn12. The first kappa shape index (κ1) is 15.8. The highest BCUT2D eigenvalue weighted by atomic mass is 32.1. The van der Waals surface area contributed by atoms with Crippen molar-refractivity contribution in [1.29, 1.82) is 0 Å². The van der Waals surface area contributed by atoms with Gasteiger partial charge in [-0.05, 0) is 6.07 Å². The molecule has 1 aliphatic rings. The van der Waals surface area contributed by atoms with Crippen LogP contribution in [0.15, 0.2) is 66.2 Å². The van der Waals surface area contributed by atoms with Gasteiger partial charge in [0, 0.05) is 28.4 Å². The van der Waals surface area contributed by atoms with Crippen LogP contribution in [-0.2, 0) is 4.79 Å². The van der Waals surface area contributed by atoms with E-state index in [-0.39, 0.29) is 11.8 Å². The van der Waals surface area contributed by atoms with Crippen LogP contribution >= 0.6 is 11.3 Å². The van der Waals surface area contributed by atoms with Gasteiger partial charge in [0.25, 0.3) is 11.8 Å². The van der Waals surface area contributed by atoms with Crippen LogP contribution in [0.1, 0.15) is 22.1 Å². The van der Waals surface area contributed by atoms with E-state index >= 15 is 0 Å². The fourth-order valence-electron chi connectivity index (χ4n) is 3.25. The molecule has 0 saturated heterocycles. The molecule has 2 amide bonds. The summed E-state index contributed by atoms with van der Waals surface area (Å²) in [6, 6.07) is 16.5. The van der Waals surface area contributed by atoms with Gasteiger partial charge in [0.1, 0.15) is 11.7 Å². The first-order valence-electron chi connectivity index (χ1n) is 8.43. The van der Waals surface area contributed by atoms with Crippen LogP contribution < -0.4 is 10.6 Å². The molecule has 3 heterocycles. The van der Waals surface area contributed by atoms with Gasteiger partial charge < -0.3 is 10.6 Å². The Morgan fingerprint density at radius 2 is 1.89 bits per heavy atom. The third-order valence-corrected chi connectivity index (χ3v) is 5.42. The maximum Gasteiger partial charge on any atom is 0.270 e. The Morgan fingerprint density at radius 3 is 2.74 bits per heavy atom. The number of carbonyl (C=O) groups excluding carboxylic acids is 2. The molecule has 2 aromatic carbocycles. The number of rotatable bonds is 3. The topological polar surface area (TPSA) is 75.5 Å². The van der Waals surface area contributed by atoms with Crippen molar-refractivity contribution in [1.82, 2.24) is 14.7 Å². The Hall–Kier alpha value is -3.45. The van der Waals surface area contributed by atoms with Crippen molar-refractivity contribution in [2.24, 2.45) is 0 Å². The van der Waals surface area contributed by atoms with E-state index in [0.29, 0.717) is 5.69 Å². The molecule has 7 heteroatoms. The summed E-state index contributed by atoms with van der Waals surface area (Å²) >= 11 is 1.39. The summed E-state index contributed by atoms with van der Waals surface area (Å²) in [5.74, 6) is -0.540. The molecule has 6 nitrogen and oxygen atoms in total. The lowest BCUT2D eigenvalue weighted by atomic mass is 10.1. The second kappa shape index (κ2) is 6.07. The Balaban J connectivity index is 1.46. The Bertz CT molecular complexity index is 1180. The molecule has 27 heavy (non-hydrogen) atoms. The van der Waals surface area contributed by atoms with Crippen molar-refractivity contribution in [3.63, 3.8) is 0 Å². The molecule has 4 aromatic rings. The Labute approximate surface area is 158 Å². The van der Waals surface area contributed by atoms with Crippen LogP contribution in [0.4, 0.5) is 5.69 Å². The normalized spacial score (nSPS) is 15.6. The Kier molecular flexibility index (Phi) is 3.54. The first-order chi connectivity index (χ1) is 13.2. The smallest absolute Gasteiger partial charge is 0.270 e. The van der Waals surface area contributed by atoms with E-state index in [4.69, 9.17) is 0 Å². The molecule has 2 N–H and O–H groups in total. The highest BCUT2D eigenvalue weighted by molar-refractivity contribution is 7.15. The van der Waals surface area contributed by atoms with Crippen LogP contribution in [-0.4, -0.2) is 21.2 Å². The number of carbonyl (C=O) groups is 2. The van der Waals surface area contributed by atoms with Crippen LogP contribution in [0.5, 0.6) is 0 Å². The van der Waals surface area contributed by atoms with Crippen LogP contribution in [0.25, 0.3) is 16.2 Å². The predicted molar refractivity (Wildman–Crippen MR) is 104 cm³/mol. The second-order valence-corrected chi connectivity index (χ2v) is 7.09. The number of aromatic nitrogens is 2.